The highest BCUT2D eigenvalue weighted by molar-refractivity contribution is 7.11. The summed E-state index contributed by atoms with van der Waals surface area (Å²) in [5.74, 6) is 0.119. The smallest absolute Gasteiger partial charge is 0.257 e. The lowest BCUT2D eigenvalue weighted by Crippen LogP contribution is -2.53. The highest BCUT2D eigenvalue weighted by atomic mass is 32.1. The molecule has 5 nitrogen and oxygen atoms in total. The molecule has 4 rings (SSSR count). The molecule has 0 radical (unpaired) electrons. The van der Waals surface area contributed by atoms with Crippen molar-refractivity contribution in [2.24, 2.45) is 0 Å². The lowest BCUT2D eigenvalue weighted by molar-refractivity contribution is 0.0629. The van der Waals surface area contributed by atoms with Crippen molar-refractivity contribution in [1.82, 2.24) is 19.6 Å². The molecule has 1 fully saturated rings. The van der Waals surface area contributed by atoms with Crippen molar-refractivity contribution in [3.05, 3.63) is 39.3 Å². The molecule has 0 saturated carbocycles. The van der Waals surface area contributed by atoms with Crippen LogP contribution >= 0.6 is 11.3 Å². The molecule has 0 unspecified atom stereocenters. The molecule has 1 spiro atoms. The number of likely N-dealkylation sites (tertiary alicyclic amines) is 1. The second-order valence-electron chi connectivity index (χ2n) is 8.20. The summed E-state index contributed by atoms with van der Waals surface area (Å²) < 4.78 is 1.96. The van der Waals surface area contributed by atoms with Crippen molar-refractivity contribution in [3.63, 3.8) is 0 Å². The monoisotopic (exact) mass is 372 g/mol. The van der Waals surface area contributed by atoms with E-state index in [0.29, 0.717) is 0 Å². The summed E-state index contributed by atoms with van der Waals surface area (Å²) in [6, 6.07) is 4.73. The summed E-state index contributed by atoms with van der Waals surface area (Å²) in [5.41, 5.74) is 1.87. The first kappa shape index (κ1) is 17.7. The van der Waals surface area contributed by atoms with Gasteiger partial charge in [0.2, 0.25) is 0 Å². The Morgan fingerprint density at radius 1 is 1.27 bits per heavy atom. The van der Waals surface area contributed by atoms with Crippen molar-refractivity contribution < 1.29 is 4.79 Å². The highest BCUT2D eigenvalue weighted by Gasteiger charge is 2.46. The summed E-state index contributed by atoms with van der Waals surface area (Å²) in [5, 5.41) is 4.88. The first-order valence-electron chi connectivity index (χ1n) is 9.51. The molecule has 140 valence electrons. The van der Waals surface area contributed by atoms with Crippen LogP contribution in [0.15, 0.2) is 18.3 Å². The van der Waals surface area contributed by atoms with Gasteiger partial charge in [-0.2, -0.15) is 5.10 Å². The van der Waals surface area contributed by atoms with Crippen LogP contribution in [0.25, 0.3) is 0 Å². The first-order valence-corrected chi connectivity index (χ1v) is 10.3. The predicted octanol–water partition coefficient (Wildman–Crippen LogP) is 3.45. The Labute approximate surface area is 159 Å². The number of hydrogen-bond acceptors (Lipinski definition) is 4. The van der Waals surface area contributed by atoms with Crippen molar-refractivity contribution >= 4 is 17.2 Å². The summed E-state index contributed by atoms with van der Waals surface area (Å²) in [4.78, 5) is 19.9. The number of carbonyl (C=O) groups excluding carboxylic acids is 1. The minimum absolute atomic E-state index is 0.0139. The summed E-state index contributed by atoms with van der Waals surface area (Å²) in [7, 11) is 1.93. The molecule has 2 aromatic rings. The van der Waals surface area contributed by atoms with E-state index in [9.17, 15) is 4.79 Å². The maximum absolute atomic E-state index is 12.6. The fraction of sp³-hybridized carbons (Fsp3) is 0.600. The van der Waals surface area contributed by atoms with Crippen LogP contribution in [0.5, 0.6) is 0 Å². The van der Waals surface area contributed by atoms with Gasteiger partial charge in [-0.05, 0) is 58.8 Å². The highest BCUT2D eigenvalue weighted by Crippen LogP contribution is 2.41. The molecule has 0 aromatic carbocycles. The van der Waals surface area contributed by atoms with Crippen LogP contribution in [0.3, 0.4) is 0 Å². The van der Waals surface area contributed by atoms with Gasteiger partial charge in [0.05, 0.1) is 11.3 Å². The quantitative estimate of drug-likeness (QED) is 0.829. The molecular formula is C20H28N4OS. The third kappa shape index (κ3) is 2.99. The van der Waals surface area contributed by atoms with Gasteiger partial charge in [0.25, 0.3) is 5.91 Å². The van der Waals surface area contributed by atoms with Gasteiger partial charge in [0.15, 0.2) is 0 Å². The zero-order valence-corrected chi connectivity index (χ0v) is 17.0. The van der Waals surface area contributed by atoms with Gasteiger partial charge in [-0.3, -0.25) is 14.4 Å². The van der Waals surface area contributed by atoms with Crippen molar-refractivity contribution in [2.75, 3.05) is 26.7 Å². The normalized spacial score (nSPS) is 20.2. The third-order valence-corrected chi connectivity index (χ3v) is 6.85. The van der Waals surface area contributed by atoms with Gasteiger partial charge in [0.1, 0.15) is 0 Å². The SMILES string of the molecule is Cc1ccc(CN2CCC3(CC2)CN(C)C(=O)c2cn(C(C)C)nc23)s1. The van der Waals surface area contributed by atoms with Gasteiger partial charge in [-0.25, -0.2) is 0 Å². The van der Waals surface area contributed by atoms with Gasteiger partial charge in [-0.1, -0.05) is 0 Å². The Kier molecular flexibility index (Phi) is 4.43. The van der Waals surface area contributed by atoms with Gasteiger partial charge in [0, 0.05) is 47.5 Å². The van der Waals surface area contributed by atoms with Crippen LogP contribution in [-0.4, -0.2) is 52.2 Å². The summed E-state index contributed by atoms with van der Waals surface area (Å²) in [6.45, 7) is 10.4. The summed E-state index contributed by atoms with van der Waals surface area (Å²) in [6.07, 6.45) is 4.09. The number of nitrogens with zero attached hydrogens (tertiary/aromatic N) is 4. The van der Waals surface area contributed by atoms with Crippen LogP contribution in [0.2, 0.25) is 0 Å². The Morgan fingerprint density at radius 2 is 2.00 bits per heavy atom. The summed E-state index contributed by atoms with van der Waals surface area (Å²) >= 11 is 1.89. The molecule has 0 atom stereocenters. The number of aryl methyl sites for hydroxylation is 1. The van der Waals surface area contributed by atoms with Crippen molar-refractivity contribution in [3.8, 4) is 0 Å². The van der Waals surface area contributed by atoms with Crippen LogP contribution in [-0.2, 0) is 12.0 Å². The number of thiophene rings is 1. The third-order valence-electron chi connectivity index (χ3n) is 5.87. The minimum atomic E-state index is 0.0139. The maximum atomic E-state index is 12.6. The molecule has 2 aliphatic heterocycles. The molecule has 26 heavy (non-hydrogen) atoms. The maximum Gasteiger partial charge on any atom is 0.257 e. The molecule has 2 aromatic heterocycles. The fourth-order valence-corrected chi connectivity index (χ4v) is 5.27. The first-order chi connectivity index (χ1) is 12.4. The number of rotatable bonds is 3. The number of piperidine rings is 1. The van der Waals surface area contributed by atoms with E-state index in [4.69, 9.17) is 5.10 Å². The van der Waals surface area contributed by atoms with E-state index in [1.54, 1.807) is 0 Å². The fourth-order valence-electron chi connectivity index (χ4n) is 4.34. The standard InChI is InChI=1S/C20H28N4OS/c1-14(2)24-12-17-18(21-24)20(13-22(4)19(17)25)7-9-23(10-8-20)11-16-6-5-15(3)26-16/h5-6,12,14H,7-11,13H2,1-4H3. The second kappa shape index (κ2) is 6.50. The van der Waals surface area contributed by atoms with E-state index in [1.165, 1.54) is 9.75 Å². The Balaban J connectivity index is 1.56. The Bertz CT molecular complexity index is 814. The van der Waals surface area contributed by atoms with Crippen molar-refractivity contribution in [2.45, 2.75) is 51.6 Å². The number of fused-ring (bicyclic) bond motifs is 2. The molecule has 0 N–H and O–H groups in total. The number of amides is 1. The Morgan fingerprint density at radius 3 is 2.62 bits per heavy atom. The lowest BCUT2D eigenvalue weighted by atomic mass is 9.72. The van der Waals surface area contributed by atoms with E-state index < -0.39 is 0 Å². The van der Waals surface area contributed by atoms with Crippen LogP contribution < -0.4 is 0 Å². The molecule has 1 amide bonds. The van der Waals surface area contributed by atoms with E-state index in [1.807, 2.05) is 34.2 Å². The number of likely N-dealkylation sites (N-methyl/N-ethyl adjacent to an activating group) is 1. The van der Waals surface area contributed by atoms with Crippen LogP contribution in [0, 0.1) is 6.92 Å². The number of carbonyl (C=O) groups is 1. The molecular weight excluding hydrogens is 344 g/mol. The molecule has 0 bridgehead atoms. The molecule has 0 aliphatic carbocycles. The van der Waals surface area contributed by atoms with Crippen molar-refractivity contribution in [1.29, 1.82) is 0 Å². The number of hydrogen-bond donors (Lipinski definition) is 0. The largest absolute Gasteiger partial charge is 0.341 e. The topological polar surface area (TPSA) is 41.4 Å². The van der Waals surface area contributed by atoms with E-state index in [2.05, 4.69) is 37.8 Å². The zero-order valence-electron chi connectivity index (χ0n) is 16.2. The van der Waals surface area contributed by atoms with Gasteiger partial charge >= 0.3 is 0 Å². The molecule has 6 heteroatoms. The average molecular weight is 373 g/mol. The Hall–Kier alpha value is -1.66. The molecule has 4 heterocycles. The predicted molar refractivity (Wildman–Crippen MR) is 105 cm³/mol. The number of aromatic nitrogens is 2. The molecule has 2 aliphatic rings. The van der Waals surface area contributed by atoms with E-state index >= 15 is 0 Å². The zero-order chi connectivity index (χ0) is 18.5. The lowest BCUT2D eigenvalue weighted by Gasteiger charge is -2.45. The van der Waals surface area contributed by atoms with Crippen LogP contribution in [0.1, 0.15) is 58.5 Å². The van der Waals surface area contributed by atoms with Gasteiger partial charge < -0.3 is 4.90 Å². The van der Waals surface area contributed by atoms with E-state index in [-0.39, 0.29) is 17.4 Å². The average Bonchev–Trinajstić information content (AvgIpc) is 3.22. The van der Waals surface area contributed by atoms with E-state index in [0.717, 1.165) is 50.3 Å². The molecule has 1 saturated heterocycles. The van der Waals surface area contributed by atoms with Crippen LogP contribution in [0.4, 0.5) is 0 Å². The second-order valence-corrected chi connectivity index (χ2v) is 9.57. The van der Waals surface area contributed by atoms with Gasteiger partial charge in [-0.15, -0.1) is 11.3 Å². The minimum Gasteiger partial charge on any atom is -0.341 e.